The molecule has 2 rings (SSSR count). The summed E-state index contributed by atoms with van der Waals surface area (Å²) < 4.78 is 1.98. The topological polar surface area (TPSA) is 47.1 Å². The van der Waals surface area contributed by atoms with E-state index in [9.17, 15) is 0 Å². The van der Waals surface area contributed by atoms with Crippen LogP contribution in [0, 0.1) is 0 Å². The van der Waals surface area contributed by atoms with Crippen molar-refractivity contribution in [2.24, 2.45) is 5.73 Å². The van der Waals surface area contributed by atoms with Gasteiger partial charge >= 0.3 is 0 Å². The van der Waals surface area contributed by atoms with E-state index in [4.69, 9.17) is 5.73 Å². The summed E-state index contributed by atoms with van der Waals surface area (Å²) in [5.41, 5.74) is 7.23. The van der Waals surface area contributed by atoms with Crippen LogP contribution in [0.3, 0.4) is 0 Å². The van der Waals surface area contributed by atoms with Gasteiger partial charge in [-0.2, -0.15) is 5.10 Å². The highest BCUT2D eigenvalue weighted by Crippen LogP contribution is 2.22. The van der Waals surface area contributed by atoms with Crippen molar-refractivity contribution >= 4 is 0 Å². The molecule has 0 aliphatic carbocycles. The zero-order valence-electron chi connectivity index (χ0n) is 10.8. The molecule has 96 valence electrons. The highest BCUT2D eigenvalue weighted by Gasteiger charge is 2.21. The van der Waals surface area contributed by atoms with Gasteiger partial charge in [-0.25, -0.2) is 0 Å². The minimum Gasteiger partial charge on any atom is -0.329 e. The second-order valence-corrected chi connectivity index (χ2v) is 4.83. The van der Waals surface area contributed by atoms with Crippen LogP contribution < -0.4 is 5.73 Å². The number of aryl methyl sites for hydroxylation is 1. The second kappa shape index (κ2) is 6.17. The number of likely N-dealkylation sites (tertiary alicyclic amines) is 1. The molecule has 2 heterocycles. The number of aromatic nitrogens is 2. The first-order valence-electron chi connectivity index (χ1n) is 6.81. The summed E-state index contributed by atoms with van der Waals surface area (Å²) in [6.07, 6.45) is 9.45. The predicted molar refractivity (Wildman–Crippen MR) is 69.7 cm³/mol. The van der Waals surface area contributed by atoms with Crippen LogP contribution >= 0.6 is 0 Å². The molecule has 1 fully saturated rings. The first kappa shape index (κ1) is 12.6. The van der Waals surface area contributed by atoms with E-state index < -0.39 is 0 Å². The SMILES string of the molecule is CCn1cc(C(CN)N2CCCCCC2)cn1. The molecule has 2 N–H and O–H groups in total. The summed E-state index contributed by atoms with van der Waals surface area (Å²) >= 11 is 0. The fourth-order valence-electron chi connectivity index (χ4n) is 2.63. The van der Waals surface area contributed by atoms with Gasteiger partial charge in [-0.1, -0.05) is 12.8 Å². The van der Waals surface area contributed by atoms with E-state index in [0.717, 1.165) is 6.54 Å². The van der Waals surface area contributed by atoms with Crippen molar-refractivity contribution in [2.45, 2.75) is 45.2 Å². The van der Waals surface area contributed by atoms with Crippen LogP contribution in [0.5, 0.6) is 0 Å². The first-order chi connectivity index (χ1) is 8.35. The molecule has 1 saturated heterocycles. The molecule has 1 atom stereocenters. The maximum atomic E-state index is 5.96. The molecule has 0 amide bonds. The van der Waals surface area contributed by atoms with Crippen LogP contribution in [0.1, 0.15) is 44.2 Å². The van der Waals surface area contributed by atoms with Gasteiger partial charge in [0.1, 0.15) is 0 Å². The Balaban J connectivity index is 2.08. The van der Waals surface area contributed by atoms with Crippen LogP contribution in [0.25, 0.3) is 0 Å². The average Bonchev–Trinajstić information content (AvgIpc) is 2.66. The Bertz CT molecular complexity index is 326. The van der Waals surface area contributed by atoms with Gasteiger partial charge in [0, 0.05) is 24.8 Å². The molecular weight excluding hydrogens is 212 g/mol. The van der Waals surface area contributed by atoms with E-state index in [1.54, 1.807) is 0 Å². The number of nitrogens with zero attached hydrogens (tertiary/aromatic N) is 3. The Morgan fingerprint density at radius 3 is 2.53 bits per heavy atom. The van der Waals surface area contributed by atoms with E-state index in [-0.39, 0.29) is 0 Å². The fourth-order valence-corrected chi connectivity index (χ4v) is 2.63. The lowest BCUT2D eigenvalue weighted by Gasteiger charge is -2.28. The summed E-state index contributed by atoms with van der Waals surface area (Å²) in [4.78, 5) is 2.53. The molecule has 4 heteroatoms. The highest BCUT2D eigenvalue weighted by atomic mass is 15.3. The third kappa shape index (κ3) is 3.07. The number of rotatable bonds is 4. The Labute approximate surface area is 104 Å². The fraction of sp³-hybridized carbons (Fsp3) is 0.769. The van der Waals surface area contributed by atoms with E-state index in [1.165, 1.54) is 44.3 Å². The predicted octanol–water partition coefficient (Wildman–Crippen LogP) is 1.78. The Hall–Kier alpha value is -0.870. The maximum absolute atomic E-state index is 5.96. The molecule has 1 aromatic rings. The monoisotopic (exact) mass is 236 g/mol. The van der Waals surface area contributed by atoms with Gasteiger partial charge in [0.2, 0.25) is 0 Å². The van der Waals surface area contributed by atoms with Crippen LogP contribution in [0.4, 0.5) is 0 Å². The van der Waals surface area contributed by atoms with Gasteiger partial charge in [0.15, 0.2) is 0 Å². The minimum atomic E-state index is 0.355. The molecule has 0 aromatic carbocycles. The molecule has 1 aliphatic rings. The third-order valence-electron chi connectivity index (χ3n) is 3.67. The van der Waals surface area contributed by atoms with Gasteiger partial charge in [-0.15, -0.1) is 0 Å². The molecule has 17 heavy (non-hydrogen) atoms. The van der Waals surface area contributed by atoms with Gasteiger partial charge in [0.25, 0.3) is 0 Å². The molecular formula is C13H24N4. The molecule has 0 saturated carbocycles. The van der Waals surface area contributed by atoms with Crippen molar-refractivity contribution in [3.63, 3.8) is 0 Å². The largest absolute Gasteiger partial charge is 0.329 e. The Kier molecular flexibility index (Phi) is 4.57. The quantitative estimate of drug-likeness (QED) is 0.867. The van der Waals surface area contributed by atoms with Crippen LogP contribution in [-0.4, -0.2) is 34.3 Å². The van der Waals surface area contributed by atoms with Crippen molar-refractivity contribution in [1.29, 1.82) is 0 Å². The van der Waals surface area contributed by atoms with Gasteiger partial charge in [0.05, 0.1) is 12.2 Å². The van der Waals surface area contributed by atoms with Crippen molar-refractivity contribution in [3.05, 3.63) is 18.0 Å². The molecule has 0 bridgehead atoms. The lowest BCUT2D eigenvalue weighted by Crippen LogP contribution is -2.34. The summed E-state index contributed by atoms with van der Waals surface area (Å²) in [6.45, 7) is 6.09. The van der Waals surface area contributed by atoms with Gasteiger partial charge in [-0.3, -0.25) is 9.58 Å². The molecule has 1 aliphatic heterocycles. The first-order valence-corrected chi connectivity index (χ1v) is 6.81. The molecule has 0 spiro atoms. The lowest BCUT2D eigenvalue weighted by molar-refractivity contribution is 0.209. The van der Waals surface area contributed by atoms with Crippen molar-refractivity contribution in [2.75, 3.05) is 19.6 Å². The normalized spacial score (nSPS) is 20.1. The number of nitrogens with two attached hydrogens (primary N) is 1. The molecule has 0 radical (unpaired) electrons. The zero-order chi connectivity index (χ0) is 12.1. The summed E-state index contributed by atoms with van der Waals surface area (Å²) in [5.74, 6) is 0. The maximum Gasteiger partial charge on any atom is 0.0538 e. The van der Waals surface area contributed by atoms with Crippen LogP contribution in [-0.2, 0) is 6.54 Å². The standard InChI is InChI=1S/C13H24N4/c1-2-17-11-12(10-15-17)13(9-14)16-7-5-3-4-6-8-16/h10-11,13H,2-9,14H2,1H3. The summed E-state index contributed by atoms with van der Waals surface area (Å²) in [6, 6.07) is 0.355. The van der Waals surface area contributed by atoms with E-state index in [1.807, 2.05) is 10.9 Å². The zero-order valence-corrected chi connectivity index (χ0v) is 10.8. The van der Waals surface area contributed by atoms with Crippen molar-refractivity contribution < 1.29 is 0 Å². The summed E-state index contributed by atoms with van der Waals surface area (Å²) in [7, 11) is 0. The smallest absolute Gasteiger partial charge is 0.0538 e. The van der Waals surface area contributed by atoms with E-state index >= 15 is 0 Å². The molecule has 1 unspecified atom stereocenters. The van der Waals surface area contributed by atoms with E-state index in [0.29, 0.717) is 12.6 Å². The minimum absolute atomic E-state index is 0.355. The molecule has 1 aromatic heterocycles. The average molecular weight is 236 g/mol. The van der Waals surface area contributed by atoms with E-state index in [2.05, 4.69) is 23.1 Å². The molecule has 4 nitrogen and oxygen atoms in total. The van der Waals surface area contributed by atoms with Crippen LogP contribution in [0.2, 0.25) is 0 Å². The number of hydrogen-bond acceptors (Lipinski definition) is 3. The Morgan fingerprint density at radius 1 is 1.29 bits per heavy atom. The number of hydrogen-bond donors (Lipinski definition) is 1. The van der Waals surface area contributed by atoms with Gasteiger partial charge in [-0.05, 0) is 32.9 Å². The van der Waals surface area contributed by atoms with Crippen molar-refractivity contribution in [3.8, 4) is 0 Å². The lowest BCUT2D eigenvalue weighted by atomic mass is 10.1. The summed E-state index contributed by atoms with van der Waals surface area (Å²) in [5, 5.41) is 4.36. The second-order valence-electron chi connectivity index (χ2n) is 4.83. The highest BCUT2D eigenvalue weighted by molar-refractivity contribution is 5.11. The Morgan fingerprint density at radius 2 is 2.00 bits per heavy atom. The van der Waals surface area contributed by atoms with Crippen LogP contribution in [0.15, 0.2) is 12.4 Å². The van der Waals surface area contributed by atoms with Crippen molar-refractivity contribution in [1.82, 2.24) is 14.7 Å². The van der Waals surface area contributed by atoms with Gasteiger partial charge < -0.3 is 5.73 Å². The third-order valence-corrected chi connectivity index (χ3v) is 3.67.